The van der Waals surface area contributed by atoms with Gasteiger partial charge in [-0.25, -0.2) is 0 Å². The molecule has 118 valence electrons. The minimum atomic E-state index is 0.0773. The van der Waals surface area contributed by atoms with Gasteiger partial charge in [-0.3, -0.25) is 4.79 Å². The number of rotatable bonds is 5. The van der Waals surface area contributed by atoms with Crippen LogP contribution in [0.3, 0.4) is 0 Å². The molecule has 0 aliphatic rings. The van der Waals surface area contributed by atoms with Gasteiger partial charge < -0.3 is 5.32 Å². The fourth-order valence-corrected chi connectivity index (χ4v) is 3.83. The summed E-state index contributed by atoms with van der Waals surface area (Å²) in [6.07, 6.45) is 0.413. The highest BCUT2D eigenvalue weighted by Gasteiger charge is 2.19. The first-order valence-corrected chi connectivity index (χ1v) is 8.82. The molecule has 0 unspecified atom stereocenters. The van der Waals surface area contributed by atoms with Gasteiger partial charge in [-0.15, -0.1) is 11.3 Å². The summed E-state index contributed by atoms with van der Waals surface area (Å²) in [6, 6.07) is 18.6. The lowest BCUT2D eigenvalue weighted by Crippen LogP contribution is -2.32. The first kappa shape index (κ1) is 15.8. The van der Waals surface area contributed by atoms with E-state index in [1.165, 1.54) is 10.3 Å². The number of nitrogens with one attached hydrogen (secondary N) is 1. The molecule has 1 aromatic heterocycles. The molecular formula is C20H21NOS. The summed E-state index contributed by atoms with van der Waals surface area (Å²) in [6.45, 7) is 4.28. The van der Waals surface area contributed by atoms with Crippen molar-refractivity contribution in [2.75, 3.05) is 0 Å². The number of carbonyl (C=O) groups excluding carboxylic acids is 1. The molecule has 3 rings (SSSR count). The van der Waals surface area contributed by atoms with Crippen molar-refractivity contribution in [1.82, 2.24) is 5.32 Å². The zero-order valence-corrected chi connectivity index (χ0v) is 14.3. The fraction of sp³-hybridized carbons (Fsp3) is 0.250. The largest absolute Gasteiger partial charge is 0.348 e. The Labute approximate surface area is 141 Å². The third kappa shape index (κ3) is 3.62. The molecule has 23 heavy (non-hydrogen) atoms. The van der Waals surface area contributed by atoms with E-state index in [1.807, 2.05) is 30.3 Å². The maximum Gasteiger partial charge on any atom is 0.224 e. The second kappa shape index (κ2) is 6.97. The van der Waals surface area contributed by atoms with Gasteiger partial charge in [-0.1, -0.05) is 62.4 Å². The Hall–Kier alpha value is -2.13. The lowest BCUT2D eigenvalue weighted by atomic mass is 10.00. The summed E-state index contributed by atoms with van der Waals surface area (Å²) < 4.78 is 0. The van der Waals surface area contributed by atoms with Crippen molar-refractivity contribution in [3.8, 4) is 0 Å². The lowest BCUT2D eigenvalue weighted by molar-refractivity contribution is -0.121. The Kier molecular flexibility index (Phi) is 4.77. The van der Waals surface area contributed by atoms with Gasteiger partial charge in [0.05, 0.1) is 12.5 Å². The van der Waals surface area contributed by atoms with Crippen LogP contribution < -0.4 is 5.32 Å². The highest BCUT2D eigenvalue weighted by molar-refractivity contribution is 7.10. The number of amides is 1. The quantitative estimate of drug-likeness (QED) is 0.706. The van der Waals surface area contributed by atoms with E-state index in [9.17, 15) is 4.79 Å². The first-order chi connectivity index (χ1) is 11.1. The van der Waals surface area contributed by atoms with Crippen molar-refractivity contribution in [2.24, 2.45) is 5.92 Å². The molecule has 0 bridgehead atoms. The number of hydrogen-bond acceptors (Lipinski definition) is 2. The van der Waals surface area contributed by atoms with E-state index in [2.05, 4.69) is 48.8 Å². The molecule has 1 heterocycles. The number of hydrogen-bond donors (Lipinski definition) is 1. The van der Waals surface area contributed by atoms with E-state index in [-0.39, 0.29) is 11.9 Å². The van der Waals surface area contributed by atoms with Gasteiger partial charge >= 0.3 is 0 Å². The van der Waals surface area contributed by atoms with E-state index in [4.69, 9.17) is 0 Å². The van der Waals surface area contributed by atoms with Crippen molar-refractivity contribution < 1.29 is 4.79 Å². The Morgan fingerprint density at radius 2 is 1.83 bits per heavy atom. The average molecular weight is 323 g/mol. The summed E-state index contributed by atoms with van der Waals surface area (Å²) in [5, 5.41) is 7.59. The molecule has 0 aliphatic heterocycles. The van der Waals surface area contributed by atoms with Gasteiger partial charge in [0, 0.05) is 4.88 Å². The number of fused-ring (bicyclic) bond motifs is 1. The van der Waals surface area contributed by atoms with Crippen LogP contribution in [0.1, 0.15) is 30.3 Å². The zero-order valence-electron chi connectivity index (χ0n) is 13.5. The highest BCUT2D eigenvalue weighted by atomic mass is 32.1. The van der Waals surface area contributed by atoms with Gasteiger partial charge in [-0.2, -0.15) is 0 Å². The second-order valence-electron chi connectivity index (χ2n) is 6.12. The Balaban J connectivity index is 1.78. The maximum atomic E-state index is 12.6. The molecular weight excluding hydrogens is 302 g/mol. The van der Waals surface area contributed by atoms with Crippen molar-refractivity contribution in [2.45, 2.75) is 26.3 Å². The van der Waals surface area contributed by atoms with Crippen LogP contribution in [-0.2, 0) is 11.2 Å². The third-order valence-corrected chi connectivity index (χ3v) is 5.02. The molecule has 0 spiro atoms. The second-order valence-corrected chi connectivity index (χ2v) is 7.10. The molecule has 0 fully saturated rings. The normalized spacial score (nSPS) is 12.5. The van der Waals surface area contributed by atoms with Gasteiger partial charge in [0.1, 0.15) is 0 Å². The summed E-state index contributed by atoms with van der Waals surface area (Å²) in [7, 11) is 0. The van der Waals surface area contributed by atoms with E-state index in [0.717, 1.165) is 10.9 Å². The van der Waals surface area contributed by atoms with Gasteiger partial charge in [0.2, 0.25) is 5.91 Å². The number of benzene rings is 2. The zero-order chi connectivity index (χ0) is 16.2. The van der Waals surface area contributed by atoms with Gasteiger partial charge in [0.25, 0.3) is 0 Å². The van der Waals surface area contributed by atoms with Crippen molar-refractivity contribution >= 4 is 28.0 Å². The summed E-state index contributed by atoms with van der Waals surface area (Å²) in [5.74, 6) is 0.443. The average Bonchev–Trinajstić information content (AvgIpc) is 3.07. The smallest absolute Gasteiger partial charge is 0.224 e. The molecule has 0 radical (unpaired) electrons. The highest BCUT2D eigenvalue weighted by Crippen LogP contribution is 2.26. The van der Waals surface area contributed by atoms with E-state index in [0.29, 0.717) is 12.3 Å². The standard InChI is InChI=1S/C20H21NOS/c1-14(2)20(18-11-6-12-23-18)21-19(22)13-16-9-5-8-15-7-3-4-10-17(15)16/h3-12,14,20H,13H2,1-2H3,(H,21,22)/t20-/m0/s1. The van der Waals surface area contributed by atoms with Crippen LogP contribution in [0.2, 0.25) is 0 Å². The van der Waals surface area contributed by atoms with Crippen molar-refractivity contribution in [3.05, 3.63) is 70.4 Å². The van der Waals surface area contributed by atoms with Crippen LogP contribution in [0, 0.1) is 5.92 Å². The van der Waals surface area contributed by atoms with E-state index in [1.54, 1.807) is 11.3 Å². The number of thiophene rings is 1. The maximum absolute atomic E-state index is 12.6. The topological polar surface area (TPSA) is 29.1 Å². The molecule has 0 saturated heterocycles. The van der Waals surface area contributed by atoms with Crippen LogP contribution in [0.15, 0.2) is 60.0 Å². The monoisotopic (exact) mass is 323 g/mol. The number of carbonyl (C=O) groups is 1. The van der Waals surface area contributed by atoms with Gasteiger partial charge in [-0.05, 0) is 33.7 Å². The summed E-state index contributed by atoms with van der Waals surface area (Å²) in [5.41, 5.74) is 1.08. The minimum absolute atomic E-state index is 0.0773. The minimum Gasteiger partial charge on any atom is -0.348 e. The molecule has 0 aliphatic carbocycles. The molecule has 1 amide bonds. The third-order valence-electron chi connectivity index (χ3n) is 4.06. The Bertz CT molecular complexity index is 787. The molecule has 3 aromatic rings. The molecule has 0 saturated carbocycles. The SMILES string of the molecule is CC(C)[C@H](NC(=O)Cc1cccc2ccccc12)c1cccs1. The predicted molar refractivity (Wildman–Crippen MR) is 97.7 cm³/mol. The summed E-state index contributed by atoms with van der Waals surface area (Å²) in [4.78, 5) is 13.8. The van der Waals surface area contributed by atoms with Crippen LogP contribution in [0.4, 0.5) is 0 Å². The van der Waals surface area contributed by atoms with Crippen LogP contribution in [0.5, 0.6) is 0 Å². The van der Waals surface area contributed by atoms with Crippen LogP contribution in [0.25, 0.3) is 10.8 Å². The molecule has 2 nitrogen and oxygen atoms in total. The van der Waals surface area contributed by atoms with Gasteiger partial charge in [0.15, 0.2) is 0 Å². The molecule has 1 N–H and O–H groups in total. The molecule has 1 atom stereocenters. The van der Waals surface area contributed by atoms with Crippen molar-refractivity contribution in [3.63, 3.8) is 0 Å². The first-order valence-electron chi connectivity index (χ1n) is 7.94. The fourth-order valence-electron chi connectivity index (χ4n) is 2.88. The van der Waals surface area contributed by atoms with Crippen LogP contribution >= 0.6 is 11.3 Å². The summed E-state index contributed by atoms with van der Waals surface area (Å²) >= 11 is 1.70. The Morgan fingerprint density at radius 3 is 2.57 bits per heavy atom. The molecule has 2 aromatic carbocycles. The predicted octanol–water partition coefficient (Wildman–Crippen LogP) is 4.96. The lowest BCUT2D eigenvalue weighted by Gasteiger charge is -2.21. The Morgan fingerprint density at radius 1 is 1.04 bits per heavy atom. The van der Waals surface area contributed by atoms with Crippen molar-refractivity contribution in [1.29, 1.82) is 0 Å². The molecule has 3 heteroatoms. The van der Waals surface area contributed by atoms with E-state index < -0.39 is 0 Å². The van der Waals surface area contributed by atoms with E-state index >= 15 is 0 Å². The van der Waals surface area contributed by atoms with Crippen LogP contribution in [-0.4, -0.2) is 5.91 Å².